The first-order chi connectivity index (χ1) is 4.13. The van der Waals surface area contributed by atoms with Gasteiger partial charge in [-0.15, -0.1) is 12.8 Å². The molecule has 0 aliphatic carbocycles. The van der Waals surface area contributed by atoms with Gasteiger partial charge in [0, 0.05) is 0 Å². The minimum Gasteiger partial charge on any atom is -0.457 e. The molecular formula is C8H16N-. The summed E-state index contributed by atoms with van der Waals surface area (Å²) >= 11 is 0. The molecule has 0 saturated heterocycles. The second kappa shape index (κ2) is 4.42. The first-order valence-corrected chi connectivity index (χ1v) is 3.49. The van der Waals surface area contributed by atoms with Crippen molar-refractivity contribution in [3.8, 4) is 0 Å². The zero-order chi connectivity index (χ0) is 7.28. The van der Waals surface area contributed by atoms with E-state index in [2.05, 4.69) is 32.7 Å². The minimum atomic E-state index is 0.569. The van der Waals surface area contributed by atoms with E-state index >= 15 is 0 Å². The Labute approximate surface area is 58.2 Å². The first-order valence-electron chi connectivity index (χ1n) is 3.49. The van der Waals surface area contributed by atoms with Crippen LogP contribution in [0.25, 0.3) is 0 Å². The van der Waals surface area contributed by atoms with Gasteiger partial charge in [0.2, 0.25) is 0 Å². The van der Waals surface area contributed by atoms with Gasteiger partial charge in [-0.1, -0.05) is 39.5 Å². The number of rotatable bonds is 3. The van der Waals surface area contributed by atoms with Crippen LogP contribution in [0.2, 0.25) is 0 Å². The van der Waals surface area contributed by atoms with E-state index in [1.54, 1.807) is 0 Å². The van der Waals surface area contributed by atoms with Gasteiger partial charge in [-0.05, 0) is 0 Å². The molecule has 0 saturated carbocycles. The van der Waals surface area contributed by atoms with E-state index in [-0.39, 0.29) is 0 Å². The number of hydrogen-bond donors (Lipinski definition) is 0. The predicted molar refractivity (Wildman–Crippen MR) is 42.5 cm³/mol. The van der Waals surface area contributed by atoms with Crippen molar-refractivity contribution in [2.75, 3.05) is 0 Å². The third kappa shape index (κ3) is 7.54. The van der Waals surface area contributed by atoms with Gasteiger partial charge in [-0.25, -0.2) is 0 Å². The fourth-order valence-corrected chi connectivity index (χ4v) is 0.394. The molecule has 0 amide bonds. The van der Waals surface area contributed by atoms with Crippen molar-refractivity contribution in [1.29, 1.82) is 0 Å². The van der Waals surface area contributed by atoms with Gasteiger partial charge in [-0.2, -0.15) is 0 Å². The second-order valence-electron chi connectivity index (χ2n) is 2.94. The van der Waals surface area contributed by atoms with Crippen LogP contribution in [0.5, 0.6) is 0 Å². The summed E-state index contributed by atoms with van der Waals surface area (Å²) in [6.07, 6.45) is 1.96. The third-order valence-electron chi connectivity index (χ3n) is 0.768. The van der Waals surface area contributed by atoms with E-state index in [1.165, 1.54) is 0 Å². The Morgan fingerprint density at radius 1 is 1.22 bits per heavy atom. The molecule has 0 radical (unpaired) electrons. The van der Waals surface area contributed by atoms with Crippen LogP contribution in [-0.2, 0) is 0 Å². The van der Waals surface area contributed by atoms with Crippen LogP contribution in [0, 0.1) is 18.4 Å². The smallest absolute Gasteiger partial charge is 0.0734 e. The van der Waals surface area contributed by atoms with E-state index in [0.29, 0.717) is 11.8 Å². The lowest BCUT2D eigenvalue weighted by Crippen LogP contribution is -1.89. The summed E-state index contributed by atoms with van der Waals surface area (Å²) in [4.78, 5) is 4.12. The zero-order valence-corrected chi connectivity index (χ0v) is 6.76. The summed E-state index contributed by atoms with van der Waals surface area (Å²) in [5.74, 6) is 1.14. The van der Waals surface area contributed by atoms with Crippen LogP contribution in [0.1, 0.15) is 27.7 Å². The second-order valence-corrected chi connectivity index (χ2v) is 2.94. The van der Waals surface area contributed by atoms with Crippen molar-refractivity contribution in [2.45, 2.75) is 27.7 Å². The fraction of sp³-hybridized carbons (Fsp3) is 0.750. The molecule has 9 heavy (non-hydrogen) atoms. The summed E-state index contributed by atoms with van der Waals surface area (Å²) in [5.41, 5.74) is 0. The summed E-state index contributed by atoms with van der Waals surface area (Å²) in [6.45, 7) is 10.4. The molecule has 54 valence electrons. The Balaban J connectivity index is 3.25. The summed E-state index contributed by atoms with van der Waals surface area (Å²) < 4.78 is 0. The average molecular weight is 126 g/mol. The van der Waals surface area contributed by atoms with Crippen molar-refractivity contribution in [3.05, 3.63) is 6.54 Å². The maximum atomic E-state index is 4.12. The van der Waals surface area contributed by atoms with Crippen LogP contribution < -0.4 is 0 Å². The van der Waals surface area contributed by atoms with Gasteiger partial charge in [0.05, 0.1) is 0 Å². The molecule has 0 aromatic carbocycles. The molecule has 0 rings (SSSR count). The van der Waals surface area contributed by atoms with E-state index < -0.39 is 0 Å². The summed E-state index contributed by atoms with van der Waals surface area (Å²) in [7, 11) is 0. The normalized spacial score (nSPS) is 11.8. The van der Waals surface area contributed by atoms with E-state index in [9.17, 15) is 0 Å². The molecule has 0 bridgehead atoms. The summed E-state index contributed by atoms with van der Waals surface area (Å²) in [6, 6.07) is 0. The molecule has 0 fully saturated rings. The molecule has 0 aromatic heterocycles. The zero-order valence-electron chi connectivity index (χ0n) is 6.76. The fourth-order valence-electron chi connectivity index (χ4n) is 0.394. The lowest BCUT2D eigenvalue weighted by atomic mass is 10.2. The molecule has 0 atom stereocenters. The highest BCUT2D eigenvalue weighted by molar-refractivity contribution is 5.59. The maximum absolute atomic E-state index is 4.12. The Morgan fingerprint density at radius 2 is 1.78 bits per heavy atom. The monoisotopic (exact) mass is 126 g/mol. The highest BCUT2D eigenvalue weighted by Gasteiger charge is 1.79. The van der Waals surface area contributed by atoms with E-state index in [1.807, 2.05) is 12.8 Å². The molecule has 0 aromatic rings. The Hall–Kier alpha value is -0.460. The largest absolute Gasteiger partial charge is 0.457 e. The lowest BCUT2D eigenvalue weighted by molar-refractivity contribution is 0.747. The Morgan fingerprint density at radius 3 is 2.11 bits per heavy atom. The summed E-state index contributed by atoms with van der Waals surface area (Å²) in [5, 5.41) is 0. The maximum Gasteiger partial charge on any atom is -0.0734 e. The van der Waals surface area contributed by atoms with Crippen LogP contribution >= 0.6 is 0 Å². The Kier molecular flexibility index (Phi) is 4.20. The first kappa shape index (κ1) is 8.54. The Bertz CT molecular complexity index is 82.6. The van der Waals surface area contributed by atoms with Crippen molar-refractivity contribution < 1.29 is 0 Å². The number of aliphatic imine (C=N–C) groups is 1. The van der Waals surface area contributed by atoms with Crippen molar-refractivity contribution in [1.82, 2.24) is 0 Å². The van der Waals surface area contributed by atoms with Gasteiger partial charge >= 0.3 is 0 Å². The third-order valence-corrected chi connectivity index (χ3v) is 0.768. The van der Waals surface area contributed by atoms with Crippen LogP contribution in [-0.4, -0.2) is 6.21 Å². The van der Waals surface area contributed by atoms with Crippen LogP contribution in [0.4, 0.5) is 0 Å². The number of hydrogen-bond acceptors (Lipinski definition) is 1. The van der Waals surface area contributed by atoms with Crippen molar-refractivity contribution in [2.24, 2.45) is 16.8 Å². The molecule has 0 N–H and O–H groups in total. The van der Waals surface area contributed by atoms with Crippen LogP contribution in [0.15, 0.2) is 4.99 Å². The molecule has 0 heterocycles. The minimum absolute atomic E-state index is 0.569. The number of nitrogens with zero attached hydrogens (tertiary/aromatic N) is 1. The van der Waals surface area contributed by atoms with Crippen LogP contribution in [0.3, 0.4) is 0 Å². The van der Waals surface area contributed by atoms with Gasteiger partial charge in [0.1, 0.15) is 0 Å². The molecule has 0 unspecified atom stereocenters. The van der Waals surface area contributed by atoms with Gasteiger partial charge in [-0.3, -0.25) is 0 Å². The standard InChI is InChI=1S/C8H16N/c1-7(2)5-9-6-8(3)4/h5-8H,1-4H3/q-1. The van der Waals surface area contributed by atoms with Crippen molar-refractivity contribution >= 4 is 6.21 Å². The molecule has 0 spiro atoms. The molecule has 0 aliphatic rings. The predicted octanol–water partition coefficient (Wildman–Crippen LogP) is 2.53. The lowest BCUT2D eigenvalue weighted by Gasteiger charge is -2.07. The topological polar surface area (TPSA) is 12.4 Å². The van der Waals surface area contributed by atoms with Crippen molar-refractivity contribution in [3.63, 3.8) is 0 Å². The molecular weight excluding hydrogens is 110 g/mol. The SMILES string of the molecule is CC(C)C=N[CH-]C(C)C. The molecule has 1 heteroatoms. The van der Waals surface area contributed by atoms with E-state index in [4.69, 9.17) is 0 Å². The average Bonchev–Trinajstić information content (AvgIpc) is 1.63. The highest BCUT2D eigenvalue weighted by Crippen LogP contribution is 1.98. The highest BCUT2D eigenvalue weighted by atomic mass is 14.7. The van der Waals surface area contributed by atoms with Gasteiger partial charge in [0.15, 0.2) is 0 Å². The molecule has 0 aliphatic heterocycles. The molecule has 1 nitrogen and oxygen atoms in total. The quantitative estimate of drug-likeness (QED) is 0.407. The van der Waals surface area contributed by atoms with Gasteiger partial charge < -0.3 is 4.99 Å². The van der Waals surface area contributed by atoms with Gasteiger partial charge in [0.25, 0.3) is 0 Å². The van der Waals surface area contributed by atoms with E-state index in [0.717, 1.165) is 0 Å².